The Labute approximate surface area is 112 Å². The Morgan fingerprint density at radius 2 is 1.89 bits per heavy atom. The van der Waals surface area contributed by atoms with Crippen molar-refractivity contribution in [3.63, 3.8) is 0 Å². The van der Waals surface area contributed by atoms with Gasteiger partial charge >= 0.3 is 5.97 Å². The van der Waals surface area contributed by atoms with Gasteiger partial charge in [0.15, 0.2) is 0 Å². The second-order valence-corrected chi connectivity index (χ2v) is 4.31. The zero-order valence-electron chi connectivity index (χ0n) is 11.5. The zero-order chi connectivity index (χ0) is 14.7. The van der Waals surface area contributed by atoms with Gasteiger partial charge in [-0.15, -0.1) is 0 Å². The summed E-state index contributed by atoms with van der Waals surface area (Å²) in [7, 11) is 0. The molecule has 4 heteroatoms. The Hall–Kier alpha value is -2.36. The Morgan fingerprint density at radius 3 is 2.53 bits per heavy atom. The maximum atomic E-state index is 11.9. The number of hydrogen-bond donors (Lipinski definition) is 1. The van der Waals surface area contributed by atoms with Crippen molar-refractivity contribution in [3.05, 3.63) is 42.5 Å². The maximum Gasteiger partial charge on any atom is 0.326 e. The molecule has 4 nitrogen and oxygen atoms in total. The molecule has 0 spiro atoms. The second kappa shape index (κ2) is 5.10. The molecule has 2 rings (SSSR count). The van der Waals surface area contributed by atoms with E-state index in [4.69, 9.17) is 6.48 Å². The van der Waals surface area contributed by atoms with E-state index in [1.54, 1.807) is 12.1 Å². The van der Waals surface area contributed by atoms with Crippen molar-refractivity contribution >= 4 is 28.3 Å². The van der Waals surface area contributed by atoms with E-state index in [1.165, 1.54) is 6.92 Å². The van der Waals surface area contributed by atoms with Gasteiger partial charge in [0, 0.05) is 14.0 Å². The second-order valence-electron chi connectivity index (χ2n) is 4.31. The average Bonchev–Trinajstić information content (AvgIpc) is 2.46. The smallest absolute Gasteiger partial charge is 0.326 e. The van der Waals surface area contributed by atoms with E-state index >= 15 is 0 Å². The first kappa shape index (κ1) is 11.7. The predicted molar refractivity (Wildman–Crippen MR) is 74.2 cm³/mol. The third-order valence-corrected chi connectivity index (χ3v) is 3.02. The maximum absolute atomic E-state index is 11.9. The summed E-state index contributed by atoms with van der Waals surface area (Å²) in [6, 6.07) is 11.9. The number of nitrogens with zero attached hydrogens (tertiary/aromatic N) is 1. The highest BCUT2D eigenvalue weighted by atomic mass is 16.4. The minimum Gasteiger partial charge on any atom is -0.480 e. The topological polar surface area (TPSA) is 57.6 Å². The van der Waals surface area contributed by atoms with Crippen molar-refractivity contribution in [1.29, 1.82) is 0 Å². The zero-order valence-corrected chi connectivity index (χ0v) is 10.5. The van der Waals surface area contributed by atoms with Gasteiger partial charge in [-0.1, -0.05) is 30.3 Å². The van der Waals surface area contributed by atoms with Crippen molar-refractivity contribution in [2.75, 3.05) is 4.90 Å². The van der Waals surface area contributed by atoms with Gasteiger partial charge in [0.25, 0.3) is 0 Å². The van der Waals surface area contributed by atoms with Crippen molar-refractivity contribution < 1.29 is 16.1 Å². The number of carbonyl (C=O) groups excluding carboxylic acids is 1. The van der Waals surface area contributed by atoms with E-state index in [9.17, 15) is 9.59 Å². The molecule has 2 aromatic carbocycles. The molecule has 2 aromatic rings. The Morgan fingerprint density at radius 1 is 1.21 bits per heavy atom. The van der Waals surface area contributed by atoms with Crippen molar-refractivity contribution in [1.82, 2.24) is 0 Å². The van der Waals surface area contributed by atoms with Crippen LogP contribution in [0.15, 0.2) is 42.5 Å². The molecule has 1 atom stereocenters. The van der Waals surface area contributed by atoms with Crippen LogP contribution in [0, 0.1) is 0 Å². The third kappa shape index (κ3) is 2.57. The van der Waals surface area contributed by atoms with Gasteiger partial charge in [-0.3, -0.25) is 9.69 Å². The fraction of sp³-hybridized carbons (Fsp3) is 0.200. The first-order valence-corrected chi connectivity index (χ1v) is 5.87. The lowest BCUT2D eigenvalue weighted by molar-refractivity contribution is -0.139. The van der Waals surface area contributed by atoms with Crippen LogP contribution in [0.1, 0.15) is 15.2 Å². The first-order valence-electron chi connectivity index (χ1n) is 6.58. The molecule has 98 valence electrons. The number of carboxylic acids is 1. The standard InChI is InChI=1S/C15H15NO3/c1-10(15(18)19)16(11(2)17)14-8-7-12-5-3-4-6-13(12)9-14/h3-10H,1-2H3,(H,18,19)/t10-/m0/s1/i2D. The number of benzene rings is 2. The van der Waals surface area contributed by atoms with Gasteiger partial charge in [-0.05, 0) is 29.8 Å². The number of amides is 1. The van der Waals surface area contributed by atoms with Crippen LogP contribution in [-0.2, 0) is 9.59 Å². The van der Waals surface area contributed by atoms with Gasteiger partial charge < -0.3 is 5.11 Å². The monoisotopic (exact) mass is 258 g/mol. The summed E-state index contributed by atoms with van der Waals surface area (Å²) in [4.78, 5) is 24.2. The van der Waals surface area contributed by atoms with Gasteiger partial charge in [0.1, 0.15) is 6.04 Å². The number of carboxylic acid groups (broad SMARTS) is 1. The molecule has 0 aliphatic rings. The SMILES string of the molecule is [2H]CC(=O)N(c1ccc2ccccc2c1)[C@@H](C)C(=O)O. The van der Waals surface area contributed by atoms with E-state index in [0.717, 1.165) is 15.7 Å². The predicted octanol–water partition coefficient (Wildman–Crippen LogP) is 2.67. The molecule has 0 aliphatic carbocycles. The van der Waals surface area contributed by atoms with Gasteiger partial charge in [-0.25, -0.2) is 4.79 Å². The molecule has 0 unspecified atom stereocenters. The van der Waals surface area contributed by atoms with E-state index in [0.29, 0.717) is 5.69 Å². The third-order valence-electron chi connectivity index (χ3n) is 3.02. The molecule has 1 N–H and O–H groups in total. The van der Waals surface area contributed by atoms with Crippen LogP contribution >= 0.6 is 0 Å². The highest BCUT2D eigenvalue weighted by Gasteiger charge is 2.24. The summed E-state index contributed by atoms with van der Waals surface area (Å²) in [5, 5.41) is 11.0. The number of hydrogen-bond acceptors (Lipinski definition) is 2. The summed E-state index contributed by atoms with van der Waals surface area (Å²) in [5.41, 5.74) is 0.496. The molecular formula is C15H15NO3. The van der Waals surface area contributed by atoms with Crippen LogP contribution in [-0.4, -0.2) is 23.0 Å². The number of rotatable bonds is 3. The summed E-state index contributed by atoms with van der Waals surface area (Å²) in [5.74, 6) is -1.63. The molecular weight excluding hydrogens is 242 g/mol. The molecule has 0 bridgehead atoms. The summed E-state index contributed by atoms with van der Waals surface area (Å²) < 4.78 is 7.20. The number of anilines is 1. The highest BCUT2D eigenvalue weighted by Crippen LogP contribution is 2.23. The number of fused-ring (bicyclic) bond motifs is 1. The van der Waals surface area contributed by atoms with Crippen LogP contribution in [0.2, 0.25) is 0 Å². The van der Waals surface area contributed by atoms with Crippen LogP contribution < -0.4 is 4.90 Å². The van der Waals surface area contributed by atoms with E-state index in [1.807, 2.05) is 30.3 Å². The number of carbonyl (C=O) groups is 2. The van der Waals surface area contributed by atoms with Gasteiger partial charge in [0.2, 0.25) is 5.91 Å². The molecule has 0 aliphatic heterocycles. The molecule has 0 saturated heterocycles. The summed E-state index contributed by atoms with van der Waals surface area (Å²) in [6.07, 6.45) is 0. The molecule has 0 heterocycles. The first-order chi connectivity index (χ1) is 9.54. The van der Waals surface area contributed by atoms with Gasteiger partial charge in [0.05, 0.1) is 0 Å². The molecule has 0 radical (unpaired) electrons. The quantitative estimate of drug-likeness (QED) is 0.920. The lowest BCUT2D eigenvalue weighted by atomic mass is 10.1. The highest BCUT2D eigenvalue weighted by molar-refractivity contribution is 5.99. The fourth-order valence-corrected chi connectivity index (χ4v) is 2.02. The Bertz CT molecular complexity index is 656. The van der Waals surface area contributed by atoms with Crippen molar-refractivity contribution in [2.24, 2.45) is 0 Å². The number of aliphatic carboxylic acids is 1. The van der Waals surface area contributed by atoms with Crippen LogP contribution in [0.5, 0.6) is 0 Å². The molecule has 19 heavy (non-hydrogen) atoms. The molecule has 0 aromatic heterocycles. The molecule has 0 saturated carbocycles. The normalized spacial score (nSPS) is 12.8. The Balaban J connectivity index is 2.50. The summed E-state index contributed by atoms with van der Waals surface area (Å²) >= 11 is 0. The molecule has 0 fully saturated rings. The fourth-order valence-electron chi connectivity index (χ4n) is 2.02. The Kier molecular flexibility index (Phi) is 3.14. The summed E-state index contributed by atoms with van der Waals surface area (Å²) in [6.45, 7) is 0.954. The van der Waals surface area contributed by atoms with E-state index in [2.05, 4.69) is 0 Å². The van der Waals surface area contributed by atoms with E-state index < -0.39 is 24.8 Å². The van der Waals surface area contributed by atoms with Crippen LogP contribution in [0.3, 0.4) is 0 Å². The largest absolute Gasteiger partial charge is 0.480 e. The lowest BCUT2D eigenvalue weighted by Gasteiger charge is -2.25. The van der Waals surface area contributed by atoms with Crippen molar-refractivity contribution in [3.8, 4) is 0 Å². The molecule has 1 amide bonds. The lowest BCUT2D eigenvalue weighted by Crippen LogP contribution is -2.42. The average molecular weight is 258 g/mol. The van der Waals surface area contributed by atoms with Crippen LogP contribution in [0.4, 0.5) is 5.69 Å². The minimum atomic E-state index is -1.10. The van der Waals surface area contributed by atoms with Crippen molar-refractivity contribution in [2.45, 2.75) is 19.9 Å². The van der Waals surface area contributed by atoms with E-state index in [-0.39, 0.29) is 0 Å². The minimum absolute atomic E-state index is 0.482. The van der Waals surface area contributed by atoms with Gasteiger partial charge in [-0.2, -0.15) is 0 Å². The van der Waals surface area contributed by atoms with Crippen LogP contribution in [0.25, 0.3) is 10.8 Å².